The number of thiazole rings is 1. The maximum absolute atomic E-state index is 8.49. The molecule has 2 aromatic rings. The zero-order valence-corrected chi connectivity index (χ0v) is 9.33. The van der Waals surface area contributed by atoms with Crippen LogP contribution in [0.15, 0.2) is 23.7 Å². The van der Waals surface area contributed by atoms with Crippen molar-refractivity contribution in [3.8, 4) is 0 Å². The van der Waals surface area contributed by atoms with Crippen molar-refractivity contribution in [1.82, 2.24) is 5.10 Å². The molecule has 82 valence electrons. The van der Waals surface area contributed by atoms with E-state index in [0.29, 0.717) is 5.15 Å². The van der Waals surface area contributed by atoms with Crippen LogP contribution in [0.3, 0.4) is 0 Å². The molecule has 2 aromatic heterocycles. The molecule has 0 saturated heterocycles. The van der Waals surface area contributed by atoms with Gasteiger partial charge in [-0.15, -0.1) is 10.2 Å². The van der Waals surface area contributed by atoms with Crippen molar-refractivity contribution in [1.29, 1.82) is 0 Å². The van der Waals surface area contributed by atoms with Crippen molar-refractivity contribution in [2.24, 2.45) is 0 Å². The summed E-state index contributed by atoms with van der Waals surface area (Å²) < 4.78 is 35.7. The Morgan fingerprint density at radius 2 is 1.87 bits per heavy atom. The van der Waals surface area contributed by atoms with Crippen LogP contribution in [0.5, 0.6) is 0 Å². The van der Waals surface area contributed by atoms with Gasteiger partial charge in [-0.2, -0.15) is 0 Å². The van der Waals surface area contributed by atoms with Gasteiger partial charge in [0.15, 0.2) is 5.15 Å². The lowest BCUT2D eigenvalue weighted by Crippen LogP contribution is -2.68. The Balaban J connectivity index is 0.000000195. The normalized spacial score (nSPS) is 11.0. The largest absolute Gasteiger partial charge is 0.293 e. The molecule has 0 aliphatic carbocycles. The van der Waals surface area contributed by atoms with Crippen molar-refractivity contribution < 1.29 is 33.4 Å². The second-order valence-electron chi connectivity index (χ2n) is 2.22. The minimum absolute atomic E-state index is 0.524. The van der Waals surface area contributed by atoms with Gasteiger partial charge in [0.2, 0.25) is 6.20 Å². The molecule has 15 heavy (non-hydrogen) atoms. The van der Waals surface area contributed by atoms with Crippen molar-refractivity contribution in [2.75, 3.05) is 0 Å². The summed E-state index contributed by atoms with van der Waals surface area (Å²) in [6.45, 7) is 0. The first-order valence-electron chi connectivity index (χ1n) is 3.40. The van der Waals surface area contributed by atoms with Gasteiger partial charge in [0, 0.05) is 11.2 Å². The molecule has 0 aliphatic rings. The quantitative estimate of drug-likeness (QED) is 0.468. The number of halogens is 2. The maximum Gasteiger partial charge on any atom is 0.293 e. The lowest BCUT2D eigenvalue weighted by Gasteiger charge is -2.17. The topological polar surface area (TPSA) is 109 Å². The molecule has 0 bridgehead atoms. The van der Waals surface area contributed by atoms with Gasteiger partial charge in [-0.3, -0.25) is 0 Å². The molecule has 2 rings (SSSR count). The SMILES string of the molecule is Clc1ccc2scc[n+]2n1.[O-][Cl+3]([O-])([O-])[O-]. The highest BCUT2D eigenvalue weighted by molar-refractivity contribution is 7.14. The van der Waals surface area contributed by atoms with Gasteiger partial charge in [-0.25, -0.2) is 18.6 Å². The lowest BCUT2D eigenvalue weighted by atomic mass is 10.6. The van der Waals surface area contributed by atoms with Crippen LogP contribution in [0.2, 0.25) is 5.15 Å². The molecule has 0 spiro atoms. The van der Waals surface area contributed by atoms with Gasteiger partial charge >= 0.3 is 0 Å². The van der Waals surface area contributed by atoms with E-state index in [1.807, 2.05) is 17.6 Å². The van der Waals surface area contributed by atoms with E-state index in [1.165, 1.54) is 0 Å². The first-order valence-corrected chi connectivity index (χ1v) is 5.89. The number of hydrogen-bond acceptors (Lipinski definition) is 6. The summed E-state index contributed by atoms with van der Waals surface area (Å²) in [5, 5.41) is 6.52. The van der Waals surface area contributed by atoms with Crippen LogP contribution in [0.1, 0.15) is 0 Å². The number of rotatable bonds is 0. The number of aromatic nitrogens is 2. The molecule has 2 heterocycles. The van der Waals surface area contributed by atoms with Crippen LogP contribution in [0.25, 0.3) is 4.83 Å². The predicted molar refractivity (Wildman–Crippen MR) is 40.3 cm³/mol. The molecule has 0 N–H and O–H groups in total. The van der Waals surface area contributed by atoms with Gasteiger partial charge < -0.3 is 0 Å². The van der Waals surface area contributed by atoms with E-state index < -0.39 is 10.2 Å². The van der Waals surface area contributed by atoms with E-state index in [-0.39, 0.29) is 0 Å². The van der Waals surface area contributed by atoms with Crippen molar-refractivity contribution >= 4 is 27.8 Å². The Kier molecular flexibility index (Phi) is 4.17. The Morgan fingerprint density at radius 3 is 2.47 bits per heavy atom. The van der Waals surface area contributed by atoms with Crippen molar-refractivity contribution in [2.45, 2.75) is 0 Å². The lowest BCUT2D eigenvalue weighted by molar-refractivity contribution is -2.00. The summed E-state index contributed by atoms with van der Waals surface area (Å²) in [5.41, 5.74) is 0. The van der Waals surface area contributed by atoms with Gasteiger partial charge in [-0.05, 0) is 10.6 Å². The highest BCUT2D eigenvalue weighted by Crippen LogP contribution is 2.06. The third kappa shape index (κ3) is 5.19. The Morgan fingerprint density at radius 1 is 1.27 bits per heavy atom. The fourth-order valence-electron chi connectivity index (χ4n) is 0.760. The number of hydrogen-bond donors (Lipinski definition) is 0. The zero-order chi connectivity index (χ0) is 11.5. The summed E-state index contributed by atoms with van der Waals surface area (Å²) in [6, 6.07) is 3.73. The summed E-state index contributed by atoms with van der Waals surface area (Å²) >= 11 is 7.29. The van der Waals surface area contributed by atoms with E-state index in [1.54, 1.807) is 21.9 Å². The molecule has 0 unspecified atom stereocenters. The molecule has 0 radical (unpaired) electrons. The van der Waals surface area contributed by atoms with Crippen LogP contribution >= 0.6 is 22.9 Å². The van der Waals surface area contributed by atoms with Crippen LogP contribution < -0.4 is 23.2 Å². The smallest absolute Gasteiger partial charge is 0.222 e. The molecule has 0 amide bonds. The Labute approximate surface area is 95.3 Å². The third-order valence-corrected chi connectivity index (χ3v) is 2.21. The zero-order valence-electron chi connectivity index (χ0n) is 7.00. The first kappa shape index (κ1) is 12.5. The van der Waals surface area contributed by atoms with Crippen LogP contribution in [0.4, 0.5) is 0 Å². The van der Waals surface area contributed by atoms with Gasteiger partial charge in [0.05, 0.1) is 5.38 Å². The molecule has 6 nitrogen and oxygen atoms in total. The molecular weight excluding hydrogens is 267 g/mol. The van der Waals surface area contributed by atoms with Gasteiger partial charge in [0.1, 0.15) is 0 Å². The number of nitrogens with zero attached hydrogens (tertiary/aromatic N) is 2. The highest BCUT2D eigenvalue weighted by atomic mass is 35.7. The molecular formula is C6H4Cl2N2O4S. The van der Waals surface area contributed by atoms with Crippen LogP contribution in [0, 0.1) is 10.2 Å². The highest BCUT2D eigenvalue weighted by Gasteiger charge is 2.04. The first-order chi connectivity index (χ1) is 6.86. The van der Waals surface area contributed by atoms with E-state index in [4.69, 9.17) is 30.2 Å². The monoisotopic (exact) mass is 270 g/mol. The fraction of sp³-hybridized carbons (Fsp3) is 0. The second-order valence-corrected chi connectivity index (χ2v) is 4.29. The van der Waals surface area contributed by atoms with Crippen molar-refractivity contribution in [3.63, 3.8) is 0 Å². The minimum Gasteiger partial charge on any atom is -0.222 e. The summed E-state index contributed by atoms with van der Waals surface area (Å²) in [5.74, 6) is 0. The van der Waals surface area contributed by atoms with E-state index in [0.717, 1.165) is 4.83 Å². The molecule has 0 fully saturated rings. The average molecular weight is 271 g/mol. The molecule has 0 aromatic carbocycles. The van der Waals surface area contributed by atoms with Crippen LogP contribution in [-0.2, 0) is 0 Å². The maximum atomic E-state index is 8.49. The van der Waals surface area contributed by atoms with Gasteiger partial charge in [-0.1, -0.05) is 22.9 Å². The predicted octanol–water partition coefficient (Wildman–Crippen LogP) is -3.22. The van der Waals surface area contributed by atoms with E-state index in [9.17, 15) is 0 Å². The summed E-state index contributed by atoms with van der Waals surface area (Å²) in [6.07, 6.45) is 1.88. The Hall–Kier alpha value is -0.540. The molecule has 0 aliphatic heterocycles. The molecule has 9 heteroatoms. The summed E-state index contributed by atoms with van der Waals surface area (Å²) in [7, 11) is -4.94. The fourth-order valence-corrected chi connectivity index (χ4v) is 1.58. The number of fused-ring (bicyclic) bond motifs is 1. The second kappa shape index (κ2) is 4.99. The standard InChI is InChI=1S/C6H4ClN2S.ClHO4/c7-5-1-2-6-9(8-5)3-4-10-6;2-1(3,4)5/h1-4H;(H,2,3,4,5)/q+1;/p-1. The minimum atomic E-state index is -4.94. The average Bonchev–Trinajstić information content (AvgIpc) is 2.47. The summed E-state index contributed by atoms with van der Waals surface area (Å²) in [4.78, 5) is 1.10. The Bertz CT molecular complexity index is 438. The van der Waals surface area contributed by atoms with Crippen molar-refractivity contribution in [3.05, 3.63) is 28.9 Å². The molecule has 0 saturated carbocycles. The van der Waals surface area contributed by atoms with E-state index in [2.05, 4.69) is 5.10 Å². The van der Waals surface area contributed by atoms with Gasteiger partial charge in [0.25, 0.3) is 4.83 Å². The van der Waals surface area contributed by atoms with Crippen LogP contribution in [-0.4, -0.2) is 5.10 Å². The van der Waals surface area contributed by atoms with E-state index >= 15 is 0 Å². The third-order valence-electron chi connectivity index (χ3n) is 1.18. The molecule has 0 atom stereocenters.